The van der Waals surface area contributed by atoms with Crippen LogP contribution in [-0.2, 0) is 0 Å². The molecule has 0 amide bonds. The summed E-state index contributed by atoms with van der Waals surface area (Å²) in [5.74, 6) is 0.0204. The molecule has 0 aliphatic carbocycles. The average molecular weight is 227 g/mol. The average Bonchev–Trinajstić information content (AvgIpc) is 2.18. The van der Waals surface area contributed by atoms with Gasteiger partial charge in [0, 0.05) is 11.6 Å². The van der Waals surface area contributed by atoms with Crippen molar-refractivity contribution in [3.63, 3.8) is 0 Å². The van der Waals surface area contributed by atoms with Crippen LogP contribution in [0.1, 0.15) is 24.2 Å². The number of carbonyl (C=O) groups is 1. The van der Waals surface area contributed by atoms with Crippen molar-refractivity contribution in [3.8, 4) is 0 Å². The lowest BCUT2D eigenvalue weighted by atomic mass is 10.1. The highest BCUT2D eigenvalue weighted by atomic mass is 35.5. The molecule has 1 aromatic carbocycles. The van der Waals surface area contributed by atoms with Crippen LogP contribution in [-0.4, -0.2) is 18.4 Å². The first-order chi connectivity index (χ1) is 7.00. The SMILES string of the molecule is CC(C)NCC(=O)c1ccc(Cl)c(N)c1. The molecule has 1 aromatic rings. The lowest BCUT2D eigenvalue weighted by Crippen LogP contribution is -2.29. The number of hydrogen-bond acceptors (Lipinski definition) is 3. The Morgan fingerprint density at radius 2 is 2.20 bits per heavy atom. The minimum Gasteiger partial charge on any atom is -0.398 e. The van der Waals surface area contributed by atoms with Crippen molar-refractivity contribution in [2.45, 2.75) is 19.9 Å². The van der Waals surface area contributed by atoms with Gasteiger partial charge in [0.25, 0.3) is 0 Å². The lowest BCUT2D eigenvalue weighted by Gasteiger charge is -2.07. The number of nitrogens with one attached hydrogen (secondary N) is 1. The summed E-state index contributed by atoms with van der Waals surface area (Å²) in [6.07, 6.45) is 0. The van der Waals surface area contributed by atoms with Gasteiger partial charge in [-0.25, -0.2) is 0 Å². The van der Waals surface area contributed by atoms with Gasteiger partial charge in [0.05, 0.1) is 17.3 Å². The fraction of sp³-hybridized carbons (Fsp3) is 0.364. The summed E-state index contributed by atoms with van der Waals surface area (Å²) in [5.41, 5.74) is 6.63. The molecule has 3 N–H and O–H groups in total. The molecule has 0 saturated heterocycles. The summed E-state index contributed by atoms with van der Waals surface area (Å²) in [4.78, 5) is 11.7. The number of anilines is 1. The molecule has 0 radical (unpaired) electrons. The molecule has 4 heteroatoms. The fourth-order valence-electron chi connectivity index (χ4n) is 1.12. The van der Waals surface area contributed by atoms with Crippen LogP contribution in [0, 0.1) is 0 Å². The Morgan fingerprint density at radius 3 is 2.73 bits per heavy atom. The van der Waals surface area contributed by atoms with Crippen LogP contribution in [0.25, 0.3) is 0 Å². The monoisotopic (exact) mass is 226 g/mol. The quantitative estimate of drug-likeness (QED) is 0.611. The summed E-state index contributed by atoms with van der Waals surface area (Å²) < 4.78 is 0. The van der Waals surface area contributed by atoms with Gasteiger partial charge in [-0.3, -0.25) is 4.79 Å². The van der Waals surface area contributed by atoms with Crippen molar-refractivity contribution in [2.24, 2.45) is 0 Å². The third-order valence-corrected chi connectivity index (χ3v) is 2.33. The van der Waals surface area contributed by atoms with Gasteiger partial charge in [0.1, 0.15) is 0 Å². The Bertz CT molecular complexity index is 364. The van der Waals surface area contributed by atoms with Crippen LogP contribution in [0.3, 0.4) is 0 Å². The van der Waals surface area contributed by atoms with E-state index in [1.165, 1.54) is 0 Å². The second kappa shape index (κ2) is 5.14. The third-order valence-electron chi connectivity index (χ3n) is 1.99. The molecule has 0 atom stereocenters. The van der Waals surface area contributed by atoms with E-state index in [-0.39, 0.29) is 5.78 Å². The second-order valence-electron chi connectivity index (χ2n) is 3.70. The summed E-state index contributed by atoms with van der Waals surface area (Å²) in [5, 5.41) is 3.53. The molecule has 0 saturated carbocycles. The normalized spacial score (nSPS) is 10.7. The number of nitrogen functional groups attached to an aromatic ring is 1. The second-order valence-corrected chi connectivity index (χ2v) is 4.10. The van der Waals surface area contributed by atoms with Crippen LogP contribution in [0.5, 0.6) is 0 Å². The Balaban J connectivity index is 2.70. The van der Waals surface area contributed by atoms with Crippen LogP contribution >= 0.6 is 11.6 Å². The number of ketones is 1. The zero-order valence-electron chi connectivity index (χ0n) is 8.88. The topological polar surface area (TPSA) is 55.1 Å². The Hall–Kier alpha value is -1.06. The van der Waals surface area contributed by atoms with E-state index >= 15 is 0 Å². The van der Waals surface area contributed by atoms with Gasteiger partial charge in [-0.05, 0) is 18.2 Å². The molecule has 0 unspecified atom stereocenters. The van der Waals surface area contributed by atoms with Gasteiger partial charge in [-0.1, -0.05) is 25.4 Å². The molecule has 15 heavy (non-hydrogen) atoms. The number of benzene rings is 1. The molecule has 0 fully saturated rings. The molecular formula is C11H15ClN2O. The molecule has 1 rings (SSSR count). The molecule has 0 aliphatic rings. The van der Waals surface area contributed by atoms with E-state index in [0.29, 0.717) is 28.9 Å². The Morgan fingerprint density at radius 1 is 1.53 bits per heavy atom. The Labute approximate surface area is 94.6 Å². The molecule has 0 aromatic heterocycles. The standard InChI is InChI=1S/C11H15ClN2O/c1-7(2)14-6-11(15)8-3-4-9(12)10(13)5-8/h3-5,7,14H,6,13H2,1-2H3. The maximum Gasteiger partial charge on any atom is 0.176 e. The smallest absolute Gasteiger partial charge is 0.176 e. The fourth-order valence-corrected chi connectivity index (χ4v) is 1.23. The summed E-state index contributed by atoms with van der Waals surface area (Å²) in [6.45, 7) is 4.30. The lowest BCUT2D eigenvalue weighted by molar-refractivity contribution is 0.0988. The van der Waals surface area contributed by atoms with Gasteiger partial charge in [0.2, 0.25) is 0 Å². The van der Waals surface area contributed by atoms with E-state index in [4.69, 9.17) is 17.3 Å². The van der Waals surface area contributed by atoms with E-state index in [0.717, 1.165) is 0 Å². The zero-order chi connectivity index (χ0) is 11.4. The van der Waals surface area contributed by atoms with Gasteiger partial charge in [-0.2, -0.15) is 0 Å². The van der Waals surface area contributed by atoms with Crippen molar-refractivity contribution in [2.75, 3.05) is 12.3 Å². The summed E-state index contributed by atoms with van der Waals surface area (Å²) in [7, 11) is 0. The number of hydrogen-bond donors (Lipinski definition) is 2. The molecule has 82 valence electrons. The van der Waals surface area contributed by atoms with Crippen molar-refractivity contribution >= 4 is 23.1 Å². The van der Waals surface area contributed by atoms with Gasteiger partial charge in [0.15, 0.2) is 5.78 Å². The number of Topliss-reactive ketones (excluding diaryl/α,β-unsaturated/α-hetero) is 1. The van der Waals surface area contributed by atoms with Crippen LogP contribution in [0.4, 0.5) is 5.69 Å². The van der Waals surface area contributed by atoms with E-state index in [2.05, 4.69) is 5.32 Å². The van der Waals surface area contributed by atoms with E-state index in [1.54, 1.807) is 18.2 Å². The maximum atomic E-state index is 11.7. The van der Waals surface area contributed by atoms with E-state index in [1.807, 2.05) is 13.8 Å². The number of carbonyl (C=O) groups excluding carboxylic acids is 1. The number of nitrogens with two attached hydrogens (primary N) is 1. The zero-order valence-corrected chi connectivity index (χ0v) is 9.64. The molecule has 0 bridgehead atoms. The first kappa shape index (κ1) is 12.0. The van der Waals surface area contributed by atoms with Gasteiger partial charge >= 0.3 is 0 Å². The maximum absolute atomic E-state index is 11.7. The van der Waals surface area contributed by atoms with Gasteiger partial charge in [-0.15, -0.1) is 0 Å². The molecular weight excluding hydrogens is 212 g/mol. The molecule has 0 aliphatic heterocycles. The van der Waals surface area contributed by atoms with Crippen LogP contribution in [0.15, 0.2) is 18.2 Å². The molecule has 0 heterocycles. The largest absolute Gasteiger partial charge is 0.398 e. The van der Waals surface area contributed by atoms with E-state index < -0.39 is 0 Å². The molecule has 0 spiro atoms. The van der Waals surface area contributed by atoms with Crippen LogP contribution < -0.4 is 11.1 Å². The van der Waals surface area contributed by atoms with Crippen LogP contribution in [0.2, 0.25) is 5.02 Å². The Kier molecular flexibility index (Phi) is 4.12. The van der Waals surface area contributed by atoms with Gasteiger partial charge < -0.3 is 11.1 Å². The first-order valence-electron chi connectivity index (χ1n) is 4.82. The van der Waals surface area contributed by atoms with E-state index in [9.17, 15) is 4.79 Å². The summed E-state index contributed by atoms with van der Waals surface area (Å²) in [6, 6.07) is 5.22. The highest BCUT2D eigenvalue weighted by molar-refractivity contribution is 6.33. The van der Waals surface area contributed by atoms with Crippen molar-refractivity contribution in [1.82, 2.24) is 5.32 Å². The predicted molar refractivity (Wildman–Crippen MR) is 63.3 cm³/mol. The summed E-state index contributed by atoms with van der Waals surface area (Å²) >= 11 is 5.76. The van der Waals surface area contributed by atoms with Crippen molar-refractivity contribution in [3.05, 3.63) is 28.8 Å². The van der Waals surface area contributed by atoms with Crippen molar-refractivity contribution < 1.29 is 4.79 Å². The predicted octanol–water partition coefficient (Wildman–Crippen LogP) is 2.10. The number of halogens is 1. The van der Waals surface area contributed by atoms with Crippen molar-refractivity contribution in [1.29, 1.82) is 0 Å². The third kappa shape index (κ3) is 3.53. The number of rotatable bonds is 4. The molecule has 3 nitrogen and oxygen atoms in total. The first-order valence-corrected chi connectivity index (χ1v) is 5.20. The highest BCUT2D eigenvalue weighted by Crippen LogP contribution is 2.19. The minimum absolute atomic E-state index is 0.0204. The minimum atomic E-state index is 0.0204. The highest BCUT2D eigenvalue weighted by Gasteiger charge is 2.07.